The van der Waals surface area contributed by atoms with E-state index in [1.165, 1.54) is 0 Å². The summed E-state index contributed by atoms with van der Waals surface area (Å²) in [4.78, 5) is 0. The largest absolute Gasteiger partial charge is 0.512 e. The highest BCUT2D eigenvalue weighted by Gasteiger charge is 1.86. The Bertz CT molecular complexity index is 361. The number of rotatable bonds is 0. The predicted molar refractivity (Wildman–Crippen MR) is 61.7 cm³/mol. The van der Waals surface area contributed by atoms with Crippen LogP contribution in [0.4, 0.5) is 0 Å². The molecule has 0 fully saturated rings. The summed E-state index contributed by atoms with van der Waals surface area (Å²) < 4.78 is 0. The Balaban J connectivity index is 0.000000151. The highest BCUT2D eigenvalue weighted by Crippen LogP contribution is 2.03. The monoisotopic (exact) mass is 202 g/mol. The number of hydrogen-bond acceptors (Lipinski definition) is 2. The van der Waals surface area contributed by atoms with Gasteiger partial charge in [0.2, 0.25) is 0 Å². The maximum Gasteiger partial charge on any atom is 0.115 e. The summed E-state index contributed by atoms with van der Waals surface area (Å²) >= 11 is 0. The van der Waals surface area contributed by atoms with Gasteiger partial charge in [0.05, 0.1) is 5.76 Å². The van der Waals surface area contributed by atoms with E-state index in [2.05, 4.69) is 0 Å². The van der Waals surface area contributed by atoms with Crippen LogP contribution in [0.25, 0.3) is 0 Å². The molecule has 0 aliphatic heterocycles. The van der Waals surface area contributed by atoms with Crippen molar-refractivity contribution in [1.29, 1.82) is 0 Å². The van der Waals surface area contributed by atoms with E-state index < -0.39 is 0 Å². The number of allylic oxidation sites excluding steroid dienone is 5. The van der Waals surface area contributed by atoms with Crippen molar-refractivity contribution in [3.63, 3.8) is 0 Å². The van der Waals surface area contributed by atoms with Crippen molar-refractivity contribution >= 4 is 0 Å². The molecule has 0 unspecified atom stereocenters. The van der Waals surface area contributed by atoms with E-state index in [4.69, 9.17) is 10.2 Å². The molecule has 0 saturated carbocycles. The molecule has 2 rings (SSSR count). The van der Waals surface area contributed by atoms with Gasteiger partial charge in [-0.1, -0.05) is 42.5 Å². The summed E-state index contributed by atoms with van der Waals surface area (Å²) in [5.41, 5.74) is 0. The number of aromatic hydroxyl groups is 1. The number of para-hydroxylation sites is 1. The Kier molecular flexibility index (Phi) is 4.81. The molecule has 0 saturated heterocycles. The molecule has 0 aromatic heterocycles. The second kappa shape index (κ2) is 6.49. The fourth-order valence-corrected chi connectivity index (χ4v) is 0.994. The second-order valence-electron chi connectivity index (χ2n) is 3.01. The third-order valence-electron chi connectivity index (χ3n) is 1.73. The molecular weight excluding hydrogens is 188 g/mol. The van der Waals surface area contributed by atoms with Gasteiger partial charge in [-0.3, -0.25) is 0 Å². The van der Waals surface area contributed by atoms with E-state index in [1.807, 2.05) is 30.4 Å². The number of benzene rings is 1. The number of aliphatic hydroxyl groups is 1. The minimum absolute atomic E-state index is 0.322. The Hall–Kier alpha value is -1.96. The first kappa shape index (κ1) is 11.1. The molecule has 1 aromatic rings. The normalized spacial score (nSPS) is 13.5. The lowest BCUT2D eigenvalue weighted by atomic mass is 10.3. The van der Waals surface area contributed by atoms with Gasteiger partial charge in [-0.05, 0) is 18.2 Å². The first-order valence-corrected chi connectivity index (χ1v) is 4.74. The van der Waals surface area contributed by atoms with Crippen molar-refractivity contribution in [2.75, 3.05) is 0 Å². The van der Waals surface area contributed by atoms with Gasteiger partial charge in [-0.25, -0.2) is 0 Å². The average molecular weight is 202 g/mol. The van der Waals surface area contributed by atoms with Crippen molar-refractivity contribution in [2.24, 2.45) is 0 Å². The molecule has 0 heterocycles. The van der Waals surface area contributed by atoms with Gasteiger partial charge in [0.1, 0.15) is 5.75 Å². The standard InChI is InChI=1S/C7H8O.C6H6O/c8-7-5-3-1-2-4-6-7;7-6-4-2-1-3-5-6/h1-5,8H,6H2;1-5,7H. The molecule has 1 aliphatic rings. The van der Waals surface area contributed by atoms with Crippen molar-refractivity contribution in [3.05, 3.63) is 66.5 Å². The van der Waals surface area contributed by atoms with E-state index in [0.29, 0.717) is 17.9 Å². The zero-order valence-corrected chi connectivity index (χ0v) is 8.38. The fourth-order valence-electron chi connectivity index (χ4n) is 0.994. The number of phenols is 1. The van der Waals surface area contributed by atoms with Crippen molar-refractivity contribution < 1.29 is 10.2 Å². The second-order valence-corrected chi connectivity index (χ2v) is 3.01. The van der Waals surface area contributed by atoms with E-state index in [1.54, 1.807) is 30.3 Å². The first-order chi connectivity index (χ1) is 7.29. The van der Waals surface area contributed by atoms with Crippen molar-refractivity contribution in [2.45, 2.75) is 6.42 Å². The van der Waals surface area contributed by atoms with Crippen LogP contribution in [0.3, 0.4) is 0 Å². The average Bonchev–Trinajstić information content (AvgIpc) is 2.48. The third kappa shape index (κ3) is 5.37. The Labute approximate surface area is 89.5 Å². The lowest BCUT2D eigenvalue weighted by molar-refractivity contribution is 0.402. The van der Waals surface area contributed by atoms with Crippen LogP contribution in [0.5, 0.6) is 5.75 Å². The minimum atomic E-state index is 0.322. The topological polar surface area (TPSA) is 40.5 Å². The first-order valence-electron chi connectivity index (χ1n) is 4.74. The van der Waals surface area contributed by atoms with Gasteiger partial charge in [-0.2, -0.15) is 0 Å². The SMILES string of the molecule is OC1=CC=CC=CC1.Oc1ccccc1. The molecule has 0 atom stereocenters. The highest BCUT2D eigenvalue weighted by molar-refractivity contribution is 5.19. The van der Waals surface area contributed by atoms with E-state index >= 15 is 0 Å². The Morgan fingerprint density at radius 2 is 1.60 bits per heavy atom. The molecule has 2 nitrogen and oxygen atoms in total. The molecule has 78 valence electrons. The maximum absolute atomic E-state index is 8.85. The Morgan fingerprint density at radius 3 is 2.20 bits per heavy atom. The van der Waals surface area contributed by atoms with Crippen LogP contribution in [0.15, 0.2) is 66.5 Å². The van der Waals surface area contributed by atoms with Crippen molar-refractivity contribution in [1.82, 2.24) is 0 Å². The number of phenolic OH excluding ortho intramolecular Hbond substituents is 1. The van der Waals surface area contributed by atoms with E-state index in [0.717, 1.165) is 0 Å². The molecule has 1 aliphatic carbocycles. The summed E-state index contributed by atoms with van der Waals surface area (Å²) in [7, 11) is 0. The van der Waals surface area contributed by atoms with Crippen LogP contribution in [0.2, 0.25) is 0 Å². The molecule has 0 spiro atoms. The molecular formula is C13H14O2. The summed E-state index contributed by atoms with van der Waals surface area (Å²) in [5, 5.41) is 17.5. The fraction of sp³-hybridized carbons (Fsp3) is 0.0769. The molecule has 15 heavy (non-hydrogen) atoms. The zero-order valence-electron chi connectivity index (χ0n) is 8.38. The van der Waals surface area contributed by atoms with E-state index in [9.17, 15) is 0 Å². The van der Waals surface area contributed by atoms with Gasteiger partial charge in [0, 0.05) is 6.42 Å². The summed E-state index contributed by atoms with van der Waals surface area (Å²) in [6.45, 7) is 0. The van der Waals surface area contributed by atoms with Gasteiger partial charge < -0.3 is 10.2 Å². The van der Waals surface area contributed by atoms with Crippen molar-refractivity contribution in [3.8, 4) is 5.75 Å². The molecule has 2 heteroatoms. The Morgan fingerprint density at radius 1 is 0.867 bits per heavy atom. The zero-order chi connectivity index (χ0) is 10.9. The lowest BCUT2D eigenvalue weighted by Gasteiger charge is -1.86. The maximum atomic E-state index is 8.85. The van der Waals surface area contributed by atoms with Gasteiger partial charge in [0.15, 0.2) is 0 Å². The minimum Gasteiger partial charge on any atom is -0.512 e. The van der Waals surface area contributed by atoms with Crippen LogP contribution in [0, 0.1) is 0 Å². The summed E-state index contributed by atoms with van der Waals surface area (Å²) in [6, 6.07) is 8.71. The highest BCUT2D eigenvalue weighted by atomic mass is 16.3. The van der Waals surface area contributed by atoms with E-state index in [-0.39, 0.29) is 0 Å². The lowest BCUT2D eigenvalue weighted by Crippen LogP contribution is -1.72. The molecule has 0 bridgehead atoms. The molecule has 0 amide bonds. The quantitative estimate of drug-likeness (QED) is 0.677. The third-order valence-corrected chi connectivity index (χ3v) is 1.73. The number of aliphatic hydroxyl groups excluding tert-OH is 1. The summed E-state index contributed by atoms with van der Waals surface area (Å²) in [5.74, 6) is 0.748. The van der Waals surface area contributed by atoms with Crippen LogP contribution in [-0.2, 0) is 0 Å². The molecule has 0 radical (unpaired) electrons. The van der Waals surface area contributed by atoms with Crippen LogP contribution < -0.4 is 0 Å². The van der Waals surface area contributed by atoms with Gasteiger partial charge in [-0.15, -0.1) is 0 Å². The summed E-state index contributed by atoms with van der Waals surface area (Å²) in [6.07, 6.45) is 9.89. The van der Waals surface area contributed by atoms with Gasteiger partial charge >= 0.3 is 0 Å². The molecule has 1 aromatic carbocycles. The molecule has 2 N–H and O–H groups in total. The van der Waals surface area contributed by atoms with Crippen LogP contribution in [0.1, 0.15) is 6.42 Å². The smallest absolute Gasteiger partial charge is 0.115 e. The predicted octanol–water partition coefficient (Wildman–Crippen LogP) is 3.34. The number of hydrogen-bond donors (Lipinski definition) is 2. The van der Waals surface area contributed by atoms with Crippen LogP contribution >= 0.6 is 0 Å². The van der Waals surface area contributed by atoms with Crippen LogP contribution in [-0.4, -0.2) is 10.2 Å². The van der Waals surface area contributed by atoms with Gasteiger partial charge in [0.25, 0.3) is 0 Å².